The second-order valence-corrected chi connectivity index (χ2v) is 6.64. The maximum Gasteiger partial charge on any atom is 0.460 e. The molecule has 1 aromatic rings. The SMILES string of the molecule is COSc1ccccc1.O=S(=O)(O)C(F)(F)C(F)(F)C(F)(F)C(F)(F)F. The summed E-state index contributed by atoms with van der Waals surface area (Å²) in [4.78, 5) is 1.14. The van der Waals surface area contributed by atoms with E-state index in [1.54, 1.807) is 7.11 Å². The van der Waals surface area contributed by atoms with E-state index in [9.17, 15) is 47.9 Å². The zero-order chi connectivity index (χ0) is 21.0. The predicted octanol–water partition coefficient (Wildman–Crippen LogP) is 4.64. The van der Waals surface area contributed by atoms with Gasteiger partial charge in [0.15, 0.2) is 0 Å². The lowest BCUT2D eigenvalue weighted by Gasteiger charge is -2.31. The third kappa shape index (κ3) is 5.17. The van der Waals surface area contributed by atoms with Crippen LogP contribution in [0.3, 0.4) is 0 Å². The van der Waals surface area contributed by atoms with Crippen molar-refractivity contribution in [2.45, 2.75) is 28.2 Å². The summed E-state index contributed by atoms with van der Waals surface area (Å²) in [5.41, 5.74) is 0. The highest BCUT2D eigenvalue weighted by Gasteiger charge is 2.85. The Morgan fingerprint density at radius 1 is 0.885 bits per heavy atom. The number of alkyl halides is 9. The molecule has 0 amide bonds. The molecule has 0 aliphatic heterocycles. The van der Waals surface area contributed by atoms with Gasteiger partial charge in [-0.15, -0.1) is 0 Å². The van der Waals surface area contributed by atoms with Gasteiger partial charge < -0.3 is 4.18 Å². The number of rotatable bonds is 5. The molecule has 26 heavy (non-hydrogen) atoms. The molecule has 152 valence electrons. The van der Waals surface area contributed by atoms with Crippen molar-refractivity contribution < 1.29 is 56.7 Å². The van der Waals surface area contributed by atoms with Crippen LogP contribution in [-0.2, 0) is 14.3 Å². The van der Waals surface area contributed by atoms with E-state index in [1.807, 2.05) is 30.3 Å². The van der Waals surface area contributed by atoms with Crippen molar-refractivity contribution in [3.05, 3.63) is 30.3 Å². The van der Waals surface area contributed by atoms with E-state index >= 15 is 0 Å². The molecule has 15 heteroatoms. The van der Waals surface area contributed by atoms with E-state index in [1.165, 1.54) is 12.0 Å². The fraction of sp³-hybridized carbons (Fsp3) is 0.455. The van der Waals surface area contributed by atoms with Gasteiger partial charge in [-0.3, -0.25) is 4.55 Å². The second kappa shape index (κ2) is 8.22. The quantitative estimate of drug-likeness (QED) is 0.411. The normalized spacial score (nSPS) is 13.8. The summed E-state index contributed by atoms with van der Waals surface area (Å²) in [7, 11) is -5.50. The van der Waals surface area contributed by atoms with Crippen LogP contribution in [0.5, 0.6) is 0 Å². The van der Waals surface area contributed by atoms with Crippen LogP contribution < -0.4 is 0 Å². The molecule has 0 heterocycles. The summed E-state index contributed by atoms with van der Waals surface area (Å²) >= 11 is 1.38. The van der Waals surface area contributed by atoms with Crippen molar-refractivity contribution in [1.29, 1.82) is 0 Å². The fourth-order valence-corrected chi connectivity index (χ4v) is 2.01. The third-order valence-corrected chi connectivity index (χ3v) is 3.90. The van der Waals surface area contributed by atoms with Crippen LogP contribution >= 0.6 is 12.0 Å². The number of hydrogen-bond acceptors (Lipinski definition) is 4. The molecule has 0 bridgehead atoms. The Labute approximate surface area is 145 Å². The van der Waals surface area contributed by atoms with Gasteiger partial charge in [-0.05, 0) is 12.1 Å². The molecule has 0 saturated carbocycles. The summed E-state index contributed by atoms with van der Waals surface area (Å²) in [6, 6.07) is 9.98. The molecule has 0 saturated heterocycles. The first kappa shape index (κ1) is 24.8. The van der Waals surface area contributed by atoms with Gasteiger partial charge in [-0.1, -0.05) is 18.2 Å². The smallest absolute Gasteiger partial charge is 0.314 e. The average Bonchev–Trinajstić information content (AvgIpc) is 2.46. The van der Waals surface area contributed by atoms with Crippen molar-refractivity contribution in [2.75, 3.05) is 7.11 Å². The molecule has 0 aliphatic carbocycles. The second-order valence-electron chi connectivity index (χ2n) is 4.20. The van der Waals surface area contributed by atoms with Crippen molar-refractivity contribution in [3.8, 4) is 0 Å². The van der Waals surface area contributed by atoms with Crippen LogP contribution in [0, 0.1) is 0 Å². The van der Waals surface area contributed by atoms with Crippen molar-refractivity contribution >= 4 is 22.2 Å². The van der Waals surface area contributed by atoms with Gasteiger partial charge in [0.25, 0.3) is 0 Å². The van der Waals surface area contributed by atoms with Crippen molar-refractivity contribution in [1.82, 2.24) is 0 Å². The standard InChI is InChI=1S/C7H8OS.C4HF9O3S/c1-8-9-7-5-3-2-4-6-7;5-1(6,3(9,10)11)2(7,8)4(12,13)17(14,15)16/h2-6H,1H3;(H,14,15,16). The first-order chi connectivity index (χ1) is 11.4. The molecule has 0 aromatic heterocycles. The van der Waals surface area contributed by atoms with E-state index in [0.717, 1.165) is 4.90 Å². The minimum Gasteiger partial charge on any atom is -0.314 e. The van der Waals surface area contributed by atoms with Gasteiger partial charge in [0.1, 0.15) is 0 Å². The maximum atomic E-state index is 12.2. The average molecular weight is 440 g/mol. The van der Waals surface area contributed by atoms with Crippen molar-refractivity contribution in [2.24, 2.45) is 0 Å². The van der Waals surface area contributed by atoms with Crippen LogP contribution in [0.1, 0.15) is 0 Å². The van der Waals surface area contributed by atoms with E-state index in [-0.39, 0.29) is 0 Å². The van der Waals surface area contributed by atoms with E-state index < -0.39 is 33.4 Å². The van der Waals surface area contributed by atoms with Gasteiger partial charge in [0.05, 0.1) is 7.11 Å². The first-order valence-corrected chi connectivity index (χ1v) is 8.04. The number of benzene rings is 1. The lowest BCUT2D eigenvalue weighted by molar-refractivity contribution is -0.382. The topological polar surface area (TPSA) is 63.6 Å². The van der Waals surface area contributed by atoms with Crippen LogP contribution in [0.25, 0.3) is 0 Å². The molecule has 0 spiro atoms. The highest BCUT2D eigenvalue weighted by atomic mass is 32.2. The lowest BCUT2D eigenvalue weighted by atomic mass is 10.1. The summed E-state index contributed by atoms with van der Waals surface area (Å²) in [6.07, 6.45) is -7.13. The zero-order valence-electron chi connectivity index (χ0n) is 12.3. The molecular formula is C11H9F9O4S2. The van der Waals surface area contributed by atoms with Crippen LogP contribution in [0.15, 0.2) is 35.2 Å². The van der Waals surface area contributed by atoms with Gasteiger partial charge in [-0.25, -0.2) is 0 Å². The Kier molecular flexibility index (Phi) is 7.85. The largest absolute Gasteiger partial charge is 0.460 e. The summed E-state index contributed by atoms with van der Waals surface area (Å²) in [5.74, 6) is -14.7. The van der Waals surface area contributed by atoms with Crippen LogP contribution in [0.2, 0.25) is 0 Å². The molecule has 1 N–H and O–H groups in total. The maximum absolute atomic E-state index is 12.2. The van der Waals surface area contributed by atoms with E-state index in [0.29, 0.717) is 0 Å². The first-order valence-electron chi connectivity index (χ1n) is 5.86. The third-order valence-electron chi connectivity index (χ3n) is 2.36. The van der Waals surface area contributed by atoms with Gasteiger partial charge in [-0.2, -0.15) is 47.9 Å². The number of halogens is 9. The molecular weight excluding hydrogens is 431 g/mol. The monoisotopic (exact) mass is 440 g/mol. The predicted molar refractivity (Wildman–Crippen MR) is 71.8 cm³/mol. The molecule has 1 rings (SSSR count). The fourth-order valence-electron chi connectivity index (χ4n) is 1.10. The van der Waals surface area contributed by atoms with E-state index in [2.05, 4.69) is 0 Å². The van der Waals surface area contributed by atoms with Crippen molar-refractivity contribution in [3.63, 3.8) is 0 Å². The molecule has 0 aliphatic rings. The van der Waals surface area contributed by atoms with Crippen LogP contribution in [0.4, 0.5) is 39.5 Å². The minimum atomic E-state index is -7.37. The van der Waals surface area contributed by atoms with Gasteiger partial charge in [0, 0.05) is 16.9 Å². The summed E-state index contributed by atoms with van der Waals surface area (Å²) in [6.45, 7) is 0. The van der Waals surface area contributed by atoms with Crippen LogP contribution in [-0.4, -0.2) is 43.4 Å². The Balaban J connectivity index is 0.000000577. The highest BCUT2D eigenvalue weighted by molar-refractivity contribution is 7.94. The molecule has 0 unspecified atom stereocenters. The minimum absolute atomic E-state index is 1.14. The number of hydrogen-bond donors (Lipinski definition) is 1. The lowest BCUT2D eigenvalue weighted by Crippen LogP contribution is -2.63. The molecule has 0 radical (unpaired) electrons. The Morgan fingerprint density at radius 3 is 1.62 bits per heavy atom. The molecule has 1 aromatic carbocycles. The molecule has 4 nitrogen and oxygen atoms in total. The summed E-state index contributed by atoms with van der Waals surface area (Å²) in [5, 5.41) is -7.00. The Morgan fingerprint density at radius 2 is 1.31 bits per heavy atom. The Hall–Kier alpha value is -1.19. The molecule has 0 atom stereocenters. The summed E-state index contributed by atoms with van der Waals surface area (Å²) < 4.78 is 139. The molecule has 0 fully saturated rings. The zero-order valence-corrected chi connectivity index (χ0v) is 13.9. The Bertz CT molecular complexity index is 675. The van der Waals surface area contributed by atoms with E-state index in [4.69, 9.17) is 8.74 Å². The van der Waals surface area contributed by atoms with Gasteiger partial charge in [0.2, 0.25) is 0 Å². The van der Waals surface area contributed by atoms with Gasteiger partial charge >= 0.3 is 33.4 Å². The highest BCUT2D eigenvalue weighted by Crippen LogP contribution is 2.54.